The molecule has 0 amide bonds. The largest absolute Gasteiger partial charge is 0.491 e. The van der Waals surface area contributed by atoms with Crippen molar-refractivity contribution in [1.29, 1.82) is 0 Å². The number of hydrogen-bond acceptors (Lipinski definition) is 6. The van der Waals surface area contributed by atoms with Gasteiger partial charge in [-0.05, 0) is 56.3 Å². The molecule has 0 unspecified atom stereocenters. The Morgan fingerprint density at radius 3 is 2.24 bits per heavy atom. The summed E-state index contributed by atoms with van der Waals surface area (Å²) < 4.78 is 9.54. The average Bonchev–Trinajstić information content (AvgIpc) is 3.61. The van der Waals surface area contributed by atoms with Crippen LogP contribution in [-0.4, -0.2) is 30.5 Å². The second-order valence-electron chi connectivity index (χ2n) is 8.82. The molecule has 3 aromatic carbocycles. The monoisotopic (exact) mass is 505 g/mol. The molecule has 0 bridgehead atoms. The van der Waals surface area contributed by atoms with Crippen molar-refractivity contribution >= 4 is 22.4 Å². The third kappa shape index (κ3) is 4.54. The molecule has 0 spiro atoms. The Hall–Kier alpha value is -4.56. The zero-order valence-corrected chi connectivity index (χ0v) is 21.1. The van der Waals surface area contributed by atoms with Crippen LogP contribution in [0.4, 0.5) is 0 Å². The maximum Gasteiger partial charge on any atom is 0.291 e. The van der Waals surface area contributed by atoms with E-state index in [4.69, 9.17) is 9.84 Å². The van der Waals surface area contributed by atoms with Crippen molar-refractivity contribution in [2.75, 3.05) is 0 Å². The molecular formula is C29H23N5O2S. The lowest BCUT2D eigenvalue weighted by Gasteiger charge is -2.09. The lowest BCUT2D eigenvalue weighted by Crippen LogP contribution is -2.23. The van der Waals surface area contributed by atoms with Crippen LogP contribution < -0.4 is 14.8 Å². The summed E-state index contributed by atoms with van der Waals surface area (Å²) in [6.45, 7) is 4.00. The molecule has 182 valence electrons. The van der Waals surface area contributed by atoms with Crippen LogP contribution in [0.5, 0.6) is 5.75 Å². The number of aromatic nitrogens is 5. The van der Waals surface area contributed by atoms with E-state index in [2.05, 4.69) is 10.1 Å². The Labute approximate surface area is 216 Å². The van der Waals surface area contributed by atoms with E-state index in [1.54, 1.807) is 0 Å². The van der Waals surface area contributed by atoms with Gasteiger partial charge in [0.15, 0.2) is 5.82 Å². The zero-order chi connectivity index (χ0) is 25.4. The van der Waals surface area contributed by atoms with Gasteiger partial charge in [0.05, 0.1) is 16.3 Å². The molecule has 0 aliphatic heterocycles. The molecule has 0 saturated heterocycles. The highest BCUT2D eigenvalue weighted by atomic mass is 32.1. The average molecular weight is 506 g/mol. The standard InChI is InChI=1S/C29H23N5O2S/c1-19(2)36-24-15-13-20(14-16-24)26-22(18-33(31-26)23-11-7-4-8-12-23)17-25-28(35)34-29(37-25)30-27(32-34)21-9-5-3-6-10-21/h3-19H,1-2H3/b25-17-. The summed E-state index contributed by atoms with van der Waals surface area (Å²) in [6, 6.07) is 27.4. The molecule has 37 heavy (non-hydrogen) atoms. The number of rotatable bonds is 6. The second kappa shape index (κ2) is 9.48. The van der Waals surface area contributed by atoms with Gasteiger partial charge in [0.1, 0.15) is 11.4 Å². The molecule has 0 atom stereocenters. The summed E-state index contributed by atoms with van der Waals surface area (Å²) in [5.74, 6) is 1.34. The number of para-hydroxylation sites is 1. The summed E-state index contributed by atoms with van der Waals surface area (Å²) in [6.07, 6.45) is 3.90. The normalized spacial score (nSPS) is 12.0. The van der Waals surface area contributed by atoms with Crippen molar-refractivity contribution in [3.63, 3.8) is 0 Å². The predicted molar refractivity (Wildman–Crippen MR) is 146 cm³/mol. The molecule has 6 aromatic rings. The minimum Gasteiger partial charge on any atom is -0.491 e. The van der Waals surface area contributed by atoms with Crippen LogP contribution in [0.25, 0.3) is 39.4 Å². The molecule has 0 fully saturated rings. The lowest BCUT2D eigenvalue weighted by molar-refractivity contribution is 0.242. The van der Waals surface area contributed by atoms with Crippen LogP contribution in [0.1, 0.15) is 19.4 Å². The fourth-order valence-electron chi connectivity index (χ4n) is 4.08. The molecule has 0 radical (unpaired) electrons. The summed E-state index contributed by atoms with van der Waals surface area (Å²) in [5.41, 5.74) is 4.12. The highest BCUT2D eigenvalue weighted by Crippen LogP contribution is 2.27. The molecule has 7 nitrogen and oxygen atoms in total. The molecule has 0 N–H and O–H groups in total. The second-order valence-corrected chi connectivity index (χ2v) is 9.82. The van der Waals surface area contributed by atoms with Crippen molar-refractivity contribution in [2.24, 2.45) is 0 Å². The summed E-state index contributed by atoms with van der Waals surface area (Å²) in [4.78, 5) is 18.4. The summed E-state index contributed by atoms with van der Waals surface area (Å²) in [5, 5.41) is 9.33. The maximum absolute atomic E-state index is 13.2. The van der Waals surface area contributed by atoms with Crippen molar-refractivity contribution < 1.29 is 4.74 Å². The van der Waals surface area contributed by atoms with Crippen LogP contribution in [0.15, 0.2) is 95.9 Å². The van der Waals surface area contributed by atoms with Gasteiger partial charge >= 0.3 is 0 Å². The van der Waals surface area contributed by atoms with Crippen LogP contribution in [0.2, 0.25) is 0 Å². The van der Waals surface area contributed by atoms with Gasteiger partial charge in [-0.2, -0.15) is 14.6 Å². The zero-order valence-electron chi connectivity index (χ0n) is 20.3. The van der Waals surface area contributed by atoms with Gasteiger partial charge in [0.2, 0.25) is 4.96 Å². The summed E-state index contributed by atoms with van der Waals surface area (Å²) >= 11 is 1.32. The SMILES string of the molecule is CC(C)Oc1ccc(-c2nn(-c3ccccc3)cc2/C=c2\sc3nc(-c4ccccc4)nn3c2=O)cc1. The Balaban J connectivity index is 1.45. The van der Waals surface area contributed by atoms with Gasteiger partial charge in [-0.25, -0.2) is 4.68 Å². The fourth-order valence-corrected chi connectivity index (χ4v) is 4.98. The Morgan fingerprint density at radius 2 is 1.57 bits per heavy atom. The first-order valence-electron chi connectivity index (χ1n) is 11.9. The van der Waals surface area contributed by atoms with Gasteiger partial charge in [0, 0.05) is 22.9 Å². The summed E-state index contributed by atoms with van der Waals surface area (Å²) in [7, 11) is 0. The Kier molecular flexibility index (Phi) is 5.86. The van der Waals surface area contributed by atoms with E-state index in [0.29, 0.717) is 15.3 Å². The van der Waals surface area contributed by atoms with Gasteiger partial charge < -0.3 is 4.74 Å². The van der Waals surface area contributed by atoms with Crippen LogP contribution in [0, 0.1) is 0 Å². The molecular weight excluding hydrogens is 482 g/mol. The highest BCUT2D eigenvalue weighted by molar-refractivity contribution is 7.15. The molecule has 6 rings (SSSR count). The van der Waals surface area contributed by atoms with E-state index in [1.165, 1.54) is 15.9 Å². The van der Waals surface area contributed by atoms with Crippen molar-refractivity contribution in [3.05, 3.63) is 112 Å². The van der Waals surface area contributed by atoms with Crippen LogP contribution in [0.3, 0.4) is 0 Å². The quantitative estimate of drug-likeness (QED) is 0.318. The van der Waals surface area contributed by atoms with Gasteiger partial charge in [0.25, 0.3) is 5.56 Å². The van der Waals surface area contributed by atoms with Crippen molar-refractivity contribution in [3.8, 4) is 34.1 Å². The number of nitrogens with zero attached hydrogens (tertiary/aromatic N) is 5. The minimum absolute atomic E-state index is 0.0938. The van der Waals surface area contributed by atoms with E-state index in [9.17, 15) is 4.79 Å². The highest BCUT2D eigenvalue weighted by Gasteiger charge is 2.15. The molecule has 8 heteroatoms. The number of ether oxygens (including phenoxy) is 1. The fraction of sp³-hybridized carbons (Fsp3) is 0.103. The first-order valence-corrected chi connectivity index (χ1v) is 12.8. The van der Waals surface area contributed by atoms with E-state index in [-0.39, 0.29) is 11.7 Å². The molecule has 0 saturated carbocycles. The van der Waals surface area contributed by atoms with Crippen LogP contribution >= 0.6 is 11.3 Å². The van der Waals surface area contributed by atoms with E-state index in [0.717, 1.165) is 33.8 Å². The Bertz CT molecular complexity index is 1790. The molecule has 0 aliphatic carbocycles. The predicted octanol–water partition coefficient (Wildman–Crippen LogP) is 5.01. The first-order chi connectivity index (χ1) is 18.0. The van der Waals surface area contributed by atoms with Gasteiger partial charge in [-0.1, -0.05) is 59.9 Å². The minimum atomic E-state index is -0.200. The smallest absolute Gasteiger partial charge is 0.291 e. The lowest BCUT2D eigenvalue weighted by atomic mass is 10.1. The van der Waals surface area contributed by atoms with Crippen molar-refractivity contribution in [2.45, 2.75) is 20.0 Å². The van der Waals surface area contributed by atoms with Gasteiger partial charge in [-0.3, -0.25) is 4.79 Å². The number of hydrogen-bond donors (Lipinski definition) is 0. The maximum atomic E-state index is 13.2. The number of benzene rings is 3. The molecule has 3 aromatic heterocycles. The van der Waals surface area contributed by atoms with E-state index in [1.807, 2.05) is 116 Å². The van der Waals surface area contributed by atoms with E-state index < -0.39 is 0 Å². The number of fused-ring (bicyclic) bond motifs is 1. The van der Waals surface area contributed by atoms with Crippen molar-refractivity contribution in [1.82, 2.24) is 24.4 Å². The topological polar surface area (TPSA) is 74.3 Å². The van der Waals surface area contributed by atoms with Crippen LogP contribution in [-0.2, 0) is 0 Å². The first kappa shape index (κ1) is 22.9. The van der Waals surface area contributed by atoms with E-state index >= 15 is 0 Å². The third-order valence-electron chi connectivity index (χ3n) is 5.76. The molecule has 3 heterocycles. The molecule has 0 aliphatic rings. The van der Waals surface area contributed by atoms with Gasteiger partial charge in [-0.15, -0.1) is 5.10 Å². The third-order valence-corrected chi connectivity index (χ3v) is 6.72. The number of thiazole rings is 1. The Morgan fingerprint density at radius 1 is 0.865 bits per heavy atom.